The molecule has 0 radical (unpaired) electrons. The van der Waals surface area contributed by atoms with Crippen LogP contribution in [0.5, 0.6) is 0 Å². The molecule has 0 spiro atoms. The number of hydrogen-bond donors (Lipinski definition) is 2. The van der Waals surface area contributed by atoms with Crippen molar-refractivity contribution in [3.05, 3.63) is 47.3 Å². The number of aromatic nitrogens is 2. The minimum atomic E-state index is 0.647. The SMILES string of the molecule is CN=C(NCCCCOCCOC)NCc1ccccc1-n1nc(C)cc1C. The molecule has 0 unspecified atom stereocenters. The number of unbranched alkanes of at least 4 members (excludes halogenated alkanes) is 1. The van der Waals surface area contributed by atoms with Gasteiger partial charge in [-0.1, -0.05) is 18.2 Å². The van der Waals surface area contributed by atoms with Gasteiger partial charge in [0.2, 0.25) is 0 Å². The van der Waals surface area contributed by atoms with Crippen molar-refractivity contribution in [1.29, 1.82) is 0 Å². The Morgan fingerprint density at radius 1 is 1.11 bits per heavy atom. The predicted octanol–water partition coefficient (Wildman–Crippen LogP) is 2.60. The number of methoxy groups -OCH3 is 1. The molecule has 1 aromatic heterocycles. The summed E-state index contributed by atoms with van der Waals surface area (Å²) in [5.41, 5.74) is 4.40. The van der Waals surface area contributed by atoms with Crippen molar-refractivity contribution in [2.24, 2.45) is 4.99 Å². The summed E-state index contributed by atoms with van der Waals surface area (Å²) < 4.78 is 12.4. The van der Waals surface area contributed by atoms with Crippen LogP contribution in [-0.4, -0.2) is 56.3 Å². The molecular formula is C21H33N5O2. The lowest BCUT2D eigenvalue weighted by Gasteiger charge is -2.15. The Morgan fingerprint density at radius 3 is 2.64 bits per heavy atom. The summed E-state index contributed by atoms with van der Waals surface area (Å²) in [5.74, 6) is 0.795. The number of nitrogens with zero attached hydrogens (tertiary/aromatic N) is 3. The highest BCUT2D eigenvalue weighted by Crippen LogP contribution is 2.16. The van der Waals surface area contributed by atoms with E-state index in [1.807, 2.05) is 23.7 Å². The van der Waals surface area contributed by atoms with Crippen LogP contribution in [0.15, 0.2) is 35.3 Å². The number of ether oxygens (including phenoxy) is 2. The van der Waals surface area contributed by atoms with Crippen molar-refractivity contribution >= 4 is 5.96 Å². The molecule has 0 atom stereocenters. The van der Waals surface area contributed by atoms with Crippen molar-refractivity contribution in [3.8, 4) is 5.69 Å². The number of nitrogens with one attached hydrogen (secondary N) is 2. The standard InChI is InChI=1S/C21H33N5O2/c1-17-15-18(2)26(25-17)20-10-6-5-9-19(20)16-24-21(22-3)23-11-7-8-12-28-14-13-27-4/h5-6,9-10,15H,7-8,11-14,16H2,1-4H3,(H2,22,23,24). The Bertz CT molecular complexity index is 742. The van der Waals surface area contributed by atoms with Crippen LogP contribution in [-0.2, 0) is 16.0 Å². The van der Waals surface area contributed by atoms with E-state index in [1.165, 1.54) is 5.56 Å². The predicted molar refractivity (Wildman–Crippen MR) is 113 cm³/mol. The van der Waals surface area contributed by atoms with Crippen molar-refractivity contribution in [3.63, 3.8) is 0 Å². The normalized spacial score (nSPS) is 11.6. The van der Waals surface area contributed by atoms with Gasteiger partial charge in [0.25, 0.3) is 0 Å². The average molecular weight is 388 g/mol. The Morgan fingerprint density at radius 2 is 1.93 bits per heavy atom. The first kappa shape index (κ1) is 21.9. The summed E-state index contributed by atoms with van der Waals surface area (Å²) in [6.45, 7) is 7.67. The second-order valence-electron chi connectivity index (χ2n) is 6.63. The Kier molecular flexibility index (Phi) is 9.51. The molecule has 7 nitrogen and oxygen atoms in total. The molecule has 7 heteroatoms. The zero-order valence-electron chi connectivity index (χ0n) is 17.5. The molecule has 0 fully saturated rings. The van der Waals surface area contributed by atoms with E-state index in [2.05, 4.69) is 45.8 Å². The monoisotopic (exact) mass is 387 g/mol. The van der Waals surface area contributed by atoms with Crippen molar-refractivity contribution in [2.75, 3.05) is 40.5 Å². The van der Waals surface area contributed by atoms with Crippen LogP contribution in [0, 0.1) is 13.8 Å². The van der Waals surface area contributed by atoms with E-state index in [-0.39, 0.29) is 0 Å². The maximum atomic E-state index is 5.47. The molecule has 0 aliphatic heterocycles. The fourth-order valence-electron chi connectivity index (χ4n) is 2.92. The molecule has 2 rings (SSSR count). The highest BCUT2D eigenvalue weighted by molar-refractivity contribution is 5.79. The van der Waals surface area contributed by atoms with Gasteiger partial charge in [0.05, 0.1) is 24.6 Å². The minimum Gasteiger partial charge on any atom is -0.382 e. The maximum Gasteiger partial charge on any atom is 0.191 e. The van der Waals surface area contributed by atoms with Gasteiger partial charge in [0.15, 0.2) is 5.96 Å². The van der Waals surface area contributed by atoms with Gasteiger partial charge in [0.1, 0.15) is 0 Å². The lowest BCUT2D eigenvalue weighted by molar-refractivity contribution is 0.0689. The molecular weight excluding hydrogens is 354 g/mol. The van der Waals surface area contributed by atoms with E-state index in [9.17, 15) is 0 Å². The summed E-state index contributed by atoms with van der Waals surface area (Å²) in [4.78, 5) is 4.31. The largest absolute Gasteiger partial charge is 0.382 e. The zero-order chi connectivity index (χ0) is 20.2. The molecule has 2 aromatic rings. The van der Waals surface area contributed by atoms with Gasteiger partial charge in [-0.2, -0.15) is 5.10 Å². The molecule has 154 valence electrons. The zero-order valence-corrected chi connectivity index (χ0v) is 17.5. The number of aryl methyl sites for hydroxylation is 2. The van der Waals surface area contributed by atoms with Crippen LogP contribution in [0.2, 0.25) is 0 Å². The fraction of sp³-hybridized carbons (Fsp3) is 0.524. The van der Waals surface area contributed by atoms with E-state index in [4.69, 9.17) is 9.47 Å². The lowest BCUT2D eigenvalue weighted by Crippen LogP contribution is -2.37. The molecule has 0 aliphatic carbocycles. The molecule has 0 bridgehead atoms. The van der Waals surface area contributed by atoms with Gasteiger partial charge in [-0.15, -0.1) is 0 Å². The summed E-state index contributed by atoms with van der Waals surface area (Å²) in [6, 6.07) is 10.4. The van der Waals surface area contributed by atoms with Crippen LogP contribution in [0.1, 0.15) is 29.8 Å². The van der Waals surface area contributed by atoms with Crippen molar-refractivity contribution < 1.29 is 9.47 Å². The number of guanidine groups is 1. The summed E-state index contributed by atoms with van der Waals surface area (Å²) in [5, 5.41) is 11.4. The molecule has 0 aliphatic rings. The van der Waals surface area contributed by atoms with Crippen molar-refractivity contribution in [2.45, 2.75) is 33.2 Å². The first-order chi connectivity index (χ1) is 13.7. The number of rotatable bonds is 11. The first-order valence-electron chi connectivity index (χ1n) is 9.78. The van der Waals surface area contributed by atoms with Gasteiger partial charge in [0, 0.05) is 39.5 Å². The first-order valence-corrected chi connectivity index (χ1v) is 9.78. The van der Waals surface area contributed by atoms with Crippen LogP contribution in [0.25, 0.3) is 5.69 Å². The van der Waals surface area contributed by atoms with Crippen molar-refractivity contribution in [1.82, 2.24) is 20.4 Å². The fourth-order valence-corrected chi connectivity index (χ4v) is 2.92. The number of aliphatic imine (C=N–C) groups is 1. The average Bonchev–Trinajstić information content (AvgIpc) is 3.04. The van der Waals surface area contributed by atoms with E-state index < -0.39 is 0 Å². The van der Waals surface area contributed by atoms with Crippen LogP contribution in [0.3, 0.4) is 0 Å². The van der Waals surface area contributed by atoms with Gasteiger partial charge < -0.3 is 20.1 Å². The van der Waals surface area contributed by atoms with E-state index >= 15 is 0 Å². The molecule has 2 N–H and O–H groups in total. The third-order valence-electron chi connectivity index (χ3n) is 4.34. The van der Waals surface area contributed by atoms with Gasteiger partial charge >= 0.3 is 0 Å². The van der Waals surface area contributed by atoms with Crippen LogP contribution in [0.4, 0.5) is 0 Å². The second-order valence-corrected chi connectivity index (χ2v) is 6.63. The number of para-hydroxylation sites is 1. The summed E-state index contributed by atoms with van der Waals surface area (Å²) in [7, 11) is 3.47. The molecule has 1 aromatic carbocycles. The molecule has 0 saturated carbocycles. The Hall–Kier alpha value is -2.38. The molecule has 1 heterocycles. The second kappa shape index (κ2) is 12.2. The third kappa shape index (κ3) is 6.98. The maximum absolute atomic E-state index is 5.47. The van der Waals surface area contributed by atoms with Gasteiger partial charge in [-0.25, -0.2) is 4.68 Å². The smallest absolute Gasteiger partial charge is 0.191 e. The van der Waals surface area contributed by atoms with Gasteiger partial charge in [-0.05, 0) is 44.4 Å². The van der Waals surface area contributed by atoms with Crippen LogP contribution < -0.4 is 10.6 Å². The molecule has 28 heavy (non-hydrogen) atoms. The highest BCUT2D eigenvalue weighted by Gasteiger charge is 2.09. The highest BCUT2D eigenvalue weighted by atomic mass is 16.5. The third-order valence-corrected chi connectivity index (χ3v) is 4.34. The molecule has 0 saturated heterocycles. The Balaban J connectivity index is 1.80. The van der Waals surface area contributed by atoms with Crippen LogP contribution >= 0.6 is 0 Å². The number of benzene rings is 1. The Labute approximate surface area is 168 Å². The van der Waals surface area contributed by atoms with E-state index in [0.717, 1.165) is 49.0 Å². The quantitative estimate of drug-likeness (QED) is 0.352. The lowest BCUT2D eigenvalue weighted by atomic mass is 10.1. The summed E-state index contributed by atoms with van der Waals surface area (Å²) in [6.07, 6.45) is 2.03. The number of hydrogen-bond acceptors (Lipinski definition) is 4. The minimum absolute atomic E-state index is 0.647. The molecule has 0 amide bonds. The van der Waals surface area contributed by atoms with Gasteiger partial charge in [-0.3, -0.25) is 4.99 Å². The van der Waals surface area contributed by atoms with E-state index in [1.54, 1.807) is 14.2 Å². The van der Waals surface area contributed by atoms with E-state index in [0.29, 0.717) is 19.8 Å². The topological polar surface area (TPSA) is 72.7 Å². The summed E-state index contributed by atoms with van der Waals surface area (Å²) >= 11 is 0.